The van der Waals surface area contributed by atoms with Crippen molar-refractivity contribution >= 4 is 17.3 Å². The van der Waals surface area contributed by atoms with Crippen molar-refractivity contribution in [1.29, 1.82) is 0 Å². The summed E-state index contributed by atoms with van der Waals surface area (Å²) in [6, 6.07) is 4.44. The number of amides is 1. The van der Waals surface area contributed by atoms with Gasteiger partial charge >= 0.3 is 0 Å². The van der Waals surface area contributed by atoms with E-state index in [1.54, 1.807) is 13.1 Å². The average molecular weight is 263 g/mol. The van der Waals surface area contributed by atoms with E-state index in [0.29, 0.717) is 5.69 Å². The van der Waals surface area contributed by atoms with Gasteiger partial charge in [0.15, 0.2) is 0 Å². The number of anilines is 1. The van der Waals surface area contributed by atoms with Gasteiger partial charge in [0.25, 0.3) is 11.6 Å². The molecule has 1 aliphatic carbocycles. The number of nitrogens with one attached hydrogen (secondary N) is 2. The Kier molecular flexibility index (Phi) is 3.42. The lowest BCUT2D eigenvalue weighted by molar-refractivity contribution is -0.385. The lowest BCUT2D eigenvalue weighted by Gasteiger charge is -2.39. The van der Waals surface area contributed by atoms with Crippen molar-refractivity contribution in [3.05, 3.63) is 33.9 Å². The van der Waals surface area contributed by atoms with Crippen LogP contribution in [0, 0.1) is 10.1 Å². The molecule has 0 heterocycles. The van der Waals surface area contributed by atoms with Crippen molar-refractivity contribution in [3.63, 3.8) is 0 Å². The molecular formula is C13H17N3O3. The highest BCUT2D eigenvalue weighted by atomic mass is 16.6. The number of rotatable bonds is 4. The second kappa shape index (κ2) is 4.87. The third-order valence-corrected chi connectivity index (χ3v) is 3.60. The summed E-state index contributed by atoms with van der Waals surface area (Å²) in [4.78, 5) is 22.7. The molecule has 6 nitrogen and oxygen atoms in total. The number of nitro groups is 1. The van der Waals surface area contributed by atoms with Crippen LogP contribution >= 0.6 is 0 Å². The van der Waals surface area contributed by atoms with Crippen molar-refractivity contribution in [2.24, 2.45) is 0 Å². The summed E-state index contributed by atoms with van der Waals surface area (Å²) in [7, 11) is 1.70. The van der Waals surface area contributed by atoms with Gasteiger partial charge in [0.05, 0.1) is 4.92 Å². The van der Waals surface area contributed by atoms with Gasteiger partial charge < -0.3 is 10.6 Å². The van der Waals surface area contributed by atoms with E-state index in [1.807, 2.05) is 6.92 Å². The van der Waals surface area contributed by atoms with Gasteiger partial charge in [-0.15, -0.1) is 0 Å². The van der Waals surface area contributed by atoms with E-state index in [1.165, 1.54) is 12.1 Å². The highest BCUT2D eigenvalue weighted by Crippen LogP contribution is 2.32. The first-order valence-electron chi connectivity index (χ1n) is 6.24. The summed E-state index contributed by atoms with van der Waals surface area (Å²) in [6.07, 6.45) is 2.91. The fourth-order valence-electron chi connectivity index (χ4n) is 2.21. The van der Waals surface area contributed by atoms with Crippen LogP contribution in [0.2, 0.25) is 0 Å². The summed E-state index contributed by atoms with van der Waals surface area (Å²) in [5.74, 6) is -0.383. The average Bonchev–Trinajstić information content (AvgIpc) is 2.35. The van der Waals surface area contributed by atoms with Crippen molar-refractivity contribution in [3.8, 4) is 0 Å². The van der Waals surface area contributed by atoms with Crippen LogP contribution in [0.25, 0.3) is 0 Å². The maximum atomic E-state index is 12.2. The summed E-state index contributed by atoms with van der Waals surface area (Å²) < 4.78 is 0. The van der Waals surface area contributed by atoms with Gasteiger partial charge in [-0.05, 0) is 38.3 Å². The van der Waals surface area contributed by atoms with Crippen LogP contribution in [0.4, 0.5) is 11.4 Å². The molecule has 6 heteroatoms. The third-order valence-electron chi connectivity index (χ3n) is 3.60. The van der Waals surface area contributed by atoms with Crippen LogP contribution in [-0.4, -0.2) is 23.4 Å². The summed E-state index contributed by atoms with van der Waals surface area (Å²) in [6.45, 7) is 1.96. The Morgan fingerprint density at radius 2 is 2.11 bits per heavy atom. The van der Waals surface area contributed by atoms with Crippen LogP contribution in [-0.2, 0) is 0 Å². The lowest BCUT2D eigenvalue weighted by atomic mass is 9.78. The molecule has 1 amide bonds. The summed E-state index contributed by atoms with van der Waals surface area (Å²) >= 11 is 0. The zero-order chi connectivity index (χ0) is 14.0. The van der Waals surface area contributed by atoms with E-state index in [-0.39, 0.29) is 22.7 Å². The van der Waals surface area contributed by atoms with E-state index in [4.69, 9.17) is 0 Å². The number of benzene rings is 1. The van der Waals surface area contributed by atoms with Gasteiger partial charge in [0.1, 0.15) is 5.56 Å². The number of hydrogen-bond acceptors (Lipinski definition) is 4. The topological polar surface area (TPSA) is 84.3 Å². The predicted octanol–water partition coefficient (Wildman–Crippen LogP) is 2.31. The van der Waals surface area contributed by atoms with Gasteiger partial charge in [0.2, 0.25) is 0 Å². The smallest absolute Gasteiger partial charge is 0.282 e. The second-order valence-corrected chi connectivity index (χ2v) is 5.11. The Morgan fingerprint density at radius 1 is 1.42 bits per heavy atom. The van der Waals surface area contributed by atoms with Gasteiger partial charge in [0, 0.05) is 24.3 Å². The number of nitro benzene ring substituents is 1. The third kappa shape index (κ3) is 2.67. The number of nitrogens with zero attached hydrogens (tertiary/aromatic N) is 1. The first-order chi connectivity index (χ1) is 8.95. The quantitative estimate of drug-likeness (QED) is 0.645. The Morgan fingerprint density at radius 3 is 2.58 bits per heavy atom. The molecule has 0 aliphatic heterocycles. The molecule has 0 saturated heterocycles. The molecule has 1 fully saturated rings. The van der Waals surface area contributed by atoms with Crippen molar-refractivity contribution in [2.45, 2.75) is 31.7 Å². The minimum Gasteiger partial charge on any atom is -0.388 e. The highest BCUT2D eigenvalue weighted by Gasteiger charge is 2.34. The van der Waals surface area contributed by atoms with E-state index in [9.17, 15) is 14.9 Å². The van der Waals surface area contributed by atoms with Gasteiger partial charge in [-0.2, -0.15) is 0 Å². The van der Waals surface area contributed by atoms with E-state index >= 15 is 0 Å². The minimum absolute atomic E-state index is 0.102. The molecule has 0 bridgehead atoms. The molecule has 102 valence electrons. The van der Waals surface area contributed by atoms with E-state index in [2.05, 4.69) is 10.6 Å². The number of hydrogen-bond donors (Lipinski definition) is 2. The van der Waals surface area contributed by atoms with Crippen LogP contribution in [0.1, 0.15) is 36.5 Å². The Labute approximate surface area is 111 Å². The molecule has 0 unspecified atom stereocenters. The van der Waals surface area contributed by atoms with Gasteiger partial charge in [-0.25, -0.2) is 0 Å². The van der Waals surface area contributed by atoms with E-state index in [0.717, 1.165) is 19.3 Å². The standard InChI is InChI=1S/C13H17N3O3/c1-13(6-3-7-13)15-12(17)10-8-9(14-2)4-5-11(10)16(18)19/h4-5,8,14H,3,6-7H2,1-2H3,(H,15,17). The fraction of sp³-hybridized carbons (Fsp3) is 0.462. The zero-order valence-corrected chi connectivity index (χ0v) is 11.0. The molecule has 0 radical (unpaired) electrons. The molecule has 0 spiro atoms. The molecule has 1 saturated carbocycles. The number of carbonyl (C=O) groups excluding carboxylic acids is 1. The van der Waals surface area contributed by atoms with Gasteiger partial charge in [-0.3, -0.25) is 14.9 Å². The van der Waals surface area contributed by atoms with Crippen molar-refractivity contribution in [2.75, 3.05) is 12.4 Å². The maximum absolute atomic E-state index is 12.2. The van der Waals surface area contributed by atoms with Crippen LogP contribution in [0.5, 0.6) is 0 Å². The Bertz CT molecular complexity index is 524. The van der Waals surface area contributed by atoms with E-state index < -0.39 is 4.92 Å². The number of carbonyl (C=O) groups is 1. The molecular weight excluding hydrogens is 246 g/mol. The monoisotopic (exact) mass is 263 g/mol. The Balaban J connectivity index is 2.30. The largest absolute Gasteiger partial charge is 0.388 e. The molecule has 1 aromatic carbocycles. The lowest BCUT2D eigenvalue weighted by Crippen LogP contribution is -2.51. The van der Waals surface area contributed by atoms with Crippen LogP contribution in [0.15, 0.2) is 18.2 Å². The molecule has 2 rings (SSSR count). The molecule has 0 atom stereocenters. The summed E-state index contributed by atoms with van der Waals surface area (Å²) in [5.41, 5.74) is 0.388. The first-order valence-corrected chi connectivity index (χ1v) is 6.24. The van der Waals surface area contributed by atoms with Crippen LogP contribution in [0.3, 0.4) is 0 Å². The highest BCUT2D eigenvalue weighted by molar-refractivity contribution is 5.99. The van der Waals surface area contributed by atoms with Gasteiger partial charge in [-0.1, -0.05) is 0 Å². The molecule has 2 N–H and O–H groups in total. The van der Waals surface area contributed by atoms with Crippen LogP contribution < -0.4 is 10.6 Å². The normalized spacial score (nSPS) is 16.3. The molecule has 1 aromatic rings. The first kappa shape index (κ1) is 13.3. The van der Waals surface area contributed by atoms with Crippen molar-refractivity contribution < 1.29 is 9.72 Å². The Hall–Kier alpha value is -2.11. The minimum atomic E-state index is -0.530. The molecule has 1 aliphatic rings. The molecule has 19 heavy (non-hydrogen) atoms. The fourth-order valence-corrected chi connectivity index (χ4v) is 2.21. The predicted molar refractivity (Wildman–Crippen MR) is 72.4 cm³/mol. The maximum Gasteiger partial charge on any atom is 0.282 e. The van der Waals surface area contributed by atoms with Crippen molar-refractivity contribution in [1.82, 2.24) is 5.32 Å². The molecule has 0 aromatic heterocycles. The summed E-state index contributed by atoms with van der Waals surface area (Å²) in [5, 5.41) is 16.7. The second-order valence-electron chi connectivity index (χ2n) is 5.11. The zero-order valence-electron chi connectivity index (χ0n) is 11.0. The SMILES string of the molecule is CNc1ccc([N+](=O)[O-])c(C(=O)NC2(C)CCC2)c1.